The Labute approximate surface area is 103 Å². The van der Waals surface area contributed by atoms with Crippen LogP contribution in [0.5, 0.6) is 0 Å². The minimum Gasteiger partial charge on any atom is -0.211 e. The molecular weight excluding hydrogens is 286 g/mol. The van der Waals surface area contributed by atoms with E-state index in [2.05, 4.69) is 0 Å². The SMILES string of the molecule is CC(C)S(=O)(=O)N(CC#N)SC(F)(Cl)Cl. The van der Waals surface area contributed by atoms with Gasteiger partial charge in [0.25, 0.3) is 0 Å². The summed E-state index contributed by atoms with van der Waals surface area (Å²) in [4.78, 5) is 0. The van der Waals surface area contributed by atoms with Crippen LogP contribution in [0.1, 0.15) is 13.8 Å². The van der Waals surface area contributed by atoms with Crippen molar-refractivity contribution in [1.29, 1.82) is 5.26 Å². The van der Waals surface area contributed by atoms with Crippen LogP contribution in [0.2, 0.25) is 0 Å². The van der Waals surface area contributed by atoms with Crippen molar-refractivity contribution in [2.24, 2.45) is 0 Å². The maximum Gasteiger partial charge on any atom is 0.319 e. The summed E-state index contributed by atoms with van der Waals surface area (Å²) in [6.07, 6.45) is 0. The van der Waals surface area contributed by atoms with Crippen LogP contribution < -0.4 is 0 Å². The molecule has 0 rings (SSSR count). The second-order valence-corrected chi connectivity index (χ2v) is 8.26. The van der Waals surface area contributed by atoms with Crippen LogP contribution in [0.3, 0.4) is 0 Å². The molecule has 0 spiro atoms. The number of alkyl halides is 3. The highest BCUT2D eigenvalue weighted by Gasteiger charge is 2.35. The fourth-order valence-corrected chi connectivity index (χ4v) is 3.63. The summed E-state index contributed by atoms with van der Waals surface area (Å²) in [7, 11) is -3.77. The first-order chi connectivity index (χ1) is 6.61. The molecule has 0 aliphatic carbocycles. The van der Waals surface area contributed by atoms with E-state index in [0.717, 1.165) is 0 Å². The molecule has 0 radical (unpaired) electrons. The Morgan fingerprint density at radius 3 is 2.33 bits per heavy atom. The summed E-state index contributed by atoms with van der Waals surface area (Å²) in [5, 5.41) is 7.62. The van der Waals surface area contributed by atoms with E-state index in [-0.39, 0.29) is 11.9 Å². The average Bonchev–Trinajstić information content (AvgIpc) is 2.00. The second-order valence-electron chi connectivity index (χ2n) is 2.75. The zero-order valence-electron chi connectivity index (χ0n) is 7.95. The first-order valence-corrected chi connectivity index (χ1v) is 6.79. The maximum absolute atomic E-state index is 12.8. The quantitative estimate of drug-likeness (QED) is 0.443. The van der Waals surface area contributed by atoms with Crippen molar-refractivity contribution >= 4 is 45.2 Å². The summed E-state index contributed by atoms with van der Waals surface area (Å²) < 4.78 is 33.7. The van der Waals surface area contributed by atoms with E-state index in [4.69, 9.17) is 28.5 Å². The Balaban J connectivity index is 4.93. The predicted molar refractivity (Wildman–Crippen MR) is 59.5 cm³/mol. The summed E-state index contributed by atoms with van der Waals surface area (Å²) in [5.41, 5.74) is 0. The molecule has 0 aliphatic rings. The lowest BCUT2D eigenvalue weighted by molar-refractivity contribution is 0.500. The van der Waals surface area contributed by atoms with Gasteiger partial charge in [0.05, 0.1) is 11.3 Å². The Bertz CT molecular complexity index is 347. The Kier molecular flexibility index (Phi) is 5.64. The van der Waals surface area contributed by atoms with Crippen LogP contribution >= 0.6 is 35.1 Å². The normalized spacial score (nSPS) is 13.2. The standard InChI is InChI=1S/C6H9Cl2FN2O2S2/c1-5(2)15(12,13)11(4-3-10)14-6(7,8)9/h5H,4H2,1-2H3. The fraction of sp³-hybridized carbons (Fsp3) is 0.833. The Morgan fingerprint density at radius 2 is 2.07 bits per heavy atom. The minimum absolute atomic E-state index is 0.0488. The van der Waals surface area contributed by atoms with Crippen molar-refractivity contribution in [3.05, 3.63) is 0 Å². The number of halogens is 3. The molecule has 0 saturated carbocycles. The average molecular weight is 295 g/mol. The van der Waals surface area contributed by atoms with Gasteiger partial charge in [-0.05, 0) is 13.8 Å². The molecule has 9 heteroatoms. The topological polar surface area (TPSA) is 61.2 Å². The largest absolute Gasteiger partial charge is 0.319 e. The maximum atomic E-state index is 12.8. The van der Waals surface area contributed by atoms with Crippen molar-refractivity contribution in [3.8, 4) is 6.07 Å². The third-order valence-corrected chi connectivity index (χ3v) is 4.97. The van der Waals surface area contributed by atoms with Crippen LogP contribution in [0.25, 0.3) is 0 Å². The van der Waals surface area contributed by atoms with Crippen LogP contribution in [-0.4, -0.2) is 27.8 Å². The van der Waals surface area contributed by atoms with Gasteiger partial charge >= 0.3 is 3.92 Å². The number of hydrogen-bond acceptors (Lipinski definition) is 4. The predicted octanol–water partition coefficient (Wildman–Crippen LogP) is 2.26. The smallest absolute Gasteiger partial charge is 0.211 e. The van der Waals surface area contributed by atoms with Gasteiger partial charge in [-0.1, -0.05) is 23.2 Å². The van der Waals surface area contributed by atoms with E-state index in [1.54, 1.807) is 6.07 Å². The minimum atomic E-state index is -3.77. The van der Waals surface area contributed by atoms with Crippen molar-refractivity contribution in [2.75, 3.05) is 6.54 Å². The molecule has 0 N–H and O–H groups in total. The highest BCUT2D eigenvalue weighted by atomic mass is 35.5. The molecule has 0 aromatic heterocycles. The Hall–Kier alpha value is 0.260. The van der Waals surface area contributed by atoms with E-state index in [9.17, 15) is 12.8 Å². The zero-order valence-corrected chi connectivity index (χ0v) is 11.1. The van der Waals surface area contributed by atoms with Crippen LogP contribution in [-0.2, 0) is 10.0 Å². The van der Waals surface area contributed by atoms with Crippen molar-refractivity contribution in [3.63, 3.8) is 0 Å². The van der Waals surface area contributed by atoms with Crippen molar-refractivity contribution < 1.29 is 12.8 Å². The zero-order chi connectivity index (χ0) is 12.3. The van der Waals surface area contributed by atoms with Gasteiger partial charge in [0, 0.05) is 11.9 Å². The third kappa shape index (κ3) is 5.22. The molecule has 88 valence electrons. The molecule has 0 atom stereocenters. The van der Waals surface area contributed by atoms with E-state index < -0.39 is 25.7 Å². The summed E-state index contributed by atoms with van der Waals surface area (Å²) in [6.45, 7) is 2.29. The number of hydrogen-bond donors (Lipinski definition) is 0. The third-order valence-electron chi connectivity index (χ3n) is 1.28. The molecule has 0 aliphatic heterocycles. The second kappa shape index (κ2) is 5.55. The first-order valence-electron chi connectivity index (χ1n) is 3.75. The van der Waals surface area contributed by atoms with Gasteiger partial charge in [-0.15, -0.1) is 3.71 Å². The van der Waals surface area contributed by atoms with Crippen molar-refractivity contribution in [1.82, 2.24) is 3.71 Å². The van der Waals surface area contributed by atoms with E-state index in [1.165, 1.54) is 13.8 Å². The Morgan fingerprint density at radius 1 is 1.60 bits per heavy atom. The first kappa shape index (κ1) is 15.3. The van der Waals surface area contributed by atoms with Gasteiger partial charge in [0.15, 0.2) is 0 Å². The molecule has 0 amide bonds. The fourth-order valence-electron chi connectivity index (χ4n) is 0.583. The highest BCUT2D eigenvalue weighted by Crippen LogP contribution is 2.40. The molecule has 0 aromatic rings. The van der Waals surface area contributed by atoms with E-state index >= 15 is 0 Å². The van der Waals surface area contributed by atoms with Crippen LogP contribution in [0, 0.1) is 11.3 Å². The van der Waals surface area contributed by atoms with Gasteiger partial charge in [-0.2, -0.15) is 9.65 Å². The van der Waals surface area contributed by atoms with Gasteiger partial charge in [0.2, 0.25) is 10.0 Å². The number of nitriles is 1. The van der Waals surface area contributed by atoms with Gasteiger partial charge in [0.1, 0.15) is 6.54 Å². The monoisotopic (exact) mass is 294 g/mol. The molecule has 0 unspecified atom stereocenters. The van der Waals surface area contributed by atoms with Gasteiger partial charge in [-0.25, -0.2) is 8.42 Å². The molecule has 15 heavy (non-hydrogen) atoms. The lowest BCUT2D eigenvalue weighted by Gasteiger charge is -2.22. The van der Waals surface area contributed by atoms with Gasteiger partial charge in [-0.3, -0.25) is 0 Å². The lowest BCUT2D eigenvalue weighted by Crippen LogP contribution is -2.33. The molecule has 0 bridgehead atoms. The number of rotatable bonds is 5. The molecule has 4 nitrogen and oxygen atoms in total. The summed E-state index contributed by atoms with van der Waals surface area (Å²) in [6, 6.07) is 1.59. The molecular formula is C6H9Cl2FN2O2S2. The van der Waals surface area contributed by atoms with E-state index in [1.807, 2.05) is 0 Å². The molecule has 0 saturated heterocycles. The number of nitrogens with zero attached hydrogens (tertiary/aromatic N) is 2. The highest BCUT2D eigenvalue weighted by molar-refractivity contribution is 8.10. The molecule has 0 heterocycles. The van der Waals surface area contributed by atoms with Crippen LogP contribution in [0.4, 0.5) is 4.39 Å². The lowest BCUT2D eigenvalue weighted by atomic mass is 10.6. The molecule has 0 fully saturated rings. The van der Waals surface area contributed by atoms with Crippen molar-refractivity contribution in [2.45, 2.75) is 23.0 Å². The summed E-state index contributed by atoms with van der Waals surface area (Å²) >= 11 is 10.1. The van der Waals surface area contributed by atoms with Gasteiger partial charge < -0.3 is 0 Å². The molecule has 0 aromatic carbocycles. The van der Waals surface area contributed by atoms with E-state index in [0.29, 0.717) is 3.71 Å². The number of sulfonamides is 1. The summed E-state index contributed by atoms with van der Waals surface area (Å²) in [5.74, 6) is 0. The van der Waals surface area contributed by atoms with Crippen LogP contribution in [0.15, 0.2) is 0 Å².